The van der Waals surface area contributed by atoms with Crippen molar-refractivity contribution in [2.24, 2.45) is 0 Å². The summed E-state index contributed by atoms with van der Waals surface area (Å²) < 4.78 is 6.56. The van der Waals surface area contributed by atoms with Gasteiger partial charge in [0.05, 0.1) is 22.5 Å². The first-order valence-corrected chi connectivity index (χ1v) is 8.41. The Bertz CT molecular complexity index is 758. The molecule has 0 aliphatic rings. The van der Waals surface area contributed by atoms with Crippen molar-refractivity contribution in [3.05, 3.63) is 39.8 Å². The van der Waals surface area contributed by atoms with Gasteiger partial charge in [0.25, 0.3) is 5.91 Å². The topological polar surface area (TPSA) is 64.1 Å². The Morgan fingerprint density at radius 2 is 2.05 bits per heavy atom. The lowest BCUT2D eigenvalue weighted by molar-refractivity contribution is -0.121. The van der Waals surface area contributed by atoms with Crippen LogP contribution in [0.3, 0.4) is 0 Å². The number of thiazole rings is 2. The predicted molar refractivity (Wildman–Crippen MR) is 89.5 cm³/mol. The molecule has 3 rings (SSSR count). The summed E-state index contributed by atoms with van der Waals surface area (Å²) in [4.78, 5) is 21.6. The number of aromatic nitrogens is 2. The Kier molecular flexibility index (Phi) is 4.47. The molecule has 0 bridgehead atoms. The van der Waals surface area contributed by atoms with Gasteiger partial charge in [-0.15, -0.1) is 22.7 Å². The van der Waals surface area contributed by atoms with Crippen molar-refractivity contribution in [2.45, 2.75) is 20.5 Å². The average Bonchev–Trinajstić information content (AvgIpc) is 3.02. The molecule has 0 spiro atoms. The van der Waals surface area contributed by atoms with Crippen molar-refractivity contribution in [3.8, 4) is 0 Å². The Balaban J connectivity index is 1.50. The van der Waals surface area contributed by atoms with Crippen LogP contribution < -0.4 is 5.32 Å². The molecule has 5 nitrogen and oxygen atoms in total. The molecule has 1 amide bonds. The van der Waals surface area contributed by atoms with Gasteiger partial charge in [0.15, 0.2) is 5.13 Å². The Labute approximate surface area is 136 Å². The van der Waals surface area contributed by atoms with Gasteiger partial charge in [-0.05, 0) is 26.0 Å². The van der Waals surface area contributed by atoms with E-state index in [4.69, 9.17) is 4.74 Å². The Hall–Kier alpha value is -1.83. The van der Waals surface area contributed by atoms with Gasteiger partial charge >= 0.3 is 0 Å². The second-order valence-electron chi connectivity index (χ2n) is 4.78. The first-order chi connectivity index (χ1) is 10.6. The number of para-hydroxylation sites is 1. The van der Waals surface area contributed by atoms with Gasteiger partial charge in [0.2, 0.25) is 0 Å². The van der Waals surface area contributed by atoms with Crippen molar-refractivity contribution in [1.29, 1.82) is 0 Å². The number of nitrogens with zero attached hydrogens (tertiary/aromatic N) is 2. The fourth-order valence-electron chi connectivity index (χ4n) is 1.89. The molecule has 2 aromatic heterocycles. The van der Waals surface area contributed by atoms with E-state index in [0.717, 1.165) is 25.8 Å². The lowest BCUT2D eigenvalue weighted by atomic mass is 10.3. The summed E-state index contributed by atoms with van der Waals surface area (Å²) in [5, 5.41) is 4.23. The van der Waals surface area contributed by atoms with Crippen LogP contribution in [0, 0.1) is 13.8 Å². The number of aryl methyl sites for hydroxylation is 2. The standard InChI is InChI=1S/C15H15N3O2S2/c1-9-10(2)21-15(16-9)18-13(19)7-20-8-14-17-11-5-3-4-6-12(11)22-14/h3-6H,7-8H2,1-2H3,(H,16,18,19). The zero-order chi connectivity index (χ0) is 15.5. The van der Waals surface area contributed by atoms with E-state index in [1.54, 1.807) is 11.3 Å². The molecule has 22 heavy (non-hydrogen) atoms. The number of anilines is 1. The zero-order valence-corrected chi connectivity index (χ0v) is 13.9. The molecule has 0 saturated heterocycles. The van der Waals surface area contributed by atoms with Gasteiger partial charge in [-0.25, -0.2) is 9.97 Å². The van der Waals surface area contributed by atoms with Crippen LogP contribution in [0.2, 0.25) is 0 Å². The van der Waals surface area contributed by atoms with E-state index in [-0.39, 0.29) is 12.5 Å². The third-order valence-electron chi connectivity index (χ3n) is 3.07. The number of carbonyl (C=O) groups excluding carboxylic acids is 1. The second kappa shape index (κ2) is 6.51. The van der Waals surface area contributed by atoms with Crippen molar-refractivity contribution in [3.63, 3.8) is 0 Å². The summed E-state index contributed by atoms with van der Waals surface area (Å²) in [6.07, 6.45) is 0. The molecule has 3 aromatic rings. The van der Waals surface area contributed by atoms with Crippen LogP contribution in [-0.2, 0) is 16.1 Å². The third kappa shape index (κ3) is 3.49. The minimum atomic E-state index is -0.199. The molecule has 2 heterocycles. The lowest BCUT2D eigenvalue weighted by Crippen LogP contribution is -2.18. The maximum Gasteiger partial charge on any atom is 0.252 e. The van der Waals surface area contributed by atoms with Gasteiger partial charge in [-0.1, -0.05) is 12.1 Å². The molecule has 0 unspecified atom stereocenters. The highest BCUT2D eigenvalue weighted by Crippen LogP contribution is 2.22. The minimum absolute atomic E-state index is 0.00635. The molecule has 0 aliphatic carbocycles. The minimum Gasteiger partial charge on any atom is -0.364 e. The van der Waals surface area contributed by atoms with Crippen LogP contribution in [0.4, 0.5) is 5.13 Å². The first-order valence-electron chi connectivity index (χ1n) is 6.78. The van der Waals surface area contributed by atoms with Gasteiger partial charge in [-0.2, -0.15) is 0 Å². The van der Waals surface area contributed by atoms with Gasteiger partial charge < -0.3 is 4.74 Å². The smallest absolute Gasteiger partial charge is 0.252 e. The van der Waals surface area contributed by atoms with Crippen molar-refractivity contribution in [1.82, 2.24) is 9.97 Å². The maximum atomic E-state index is 11.8. The fourth-order valence-corrected chi connectivity index (χ4v) is 3.63. The second-order valence-corrected chi connectivity index (χ2v) is 7.10. The number of fused-ring (bicyclic) bond motifs is 1. The fraction of sp³-hybridized carbons (Fsp3) is 0.267. The monoisotopic (exact) mass is 333 g/mol. The van der Waals surface area contributed by atoms with Gasteiger partial charge in [0, 0.05) is 4.88 Å². The highest BCUT2D eigenvalue weighted by molar-refractivity contribution is 7.18. The summed E-state index contributed by atoms with van der Waals surface area (Å²) >= 11 is 3.05. The quantitative estimate of drug-likeness (QED) is 0.776. The van der Waals surface area contributed by atoms with E-state index in [2.05, 4.69) is 15.3 Å². The average molecular weight is 333 g/mol. The largest absolute Gasteiger partial charge is 0.364 e. The highest BCUT2D eigenvalue weighted by Gasteiger charge is 2.09. The van der Waals surface area contributed by atoms with Crippen LogP contribution in [-0.4, -0.2) is 22.5 Å². The van der Waals surface area contributed by atoms with Crippen LogP contribution in [0.5, 0.6) is 0 Å². The Morgan fingerprint density at radius 3 is 2.77 bits per heavy atom. The normalized spacial score (nSPS) is 11.0. The number of ether oxygens (including phenoxy) is 1. The lowest BCUT2D eigenvalue weighted by Gasteiger charge is -2.02. The number of amides is 1. The van der Waals surface area contributed by atoms with Gasteiger partial charge in [0.1, 0.15) is 11.6 Å². The molecule has 0 atom stereocenters. The van der Waals surface area contributed by atoms with Gasteiger partial charge in [-0.3, -0.25) is 10.1 Å². The van der Waals surface area contributed by atoms with E-state index in [1.165, 1.54) is 11.3 Å². The molecular formula is C15H15N3O2S2. The van der Waals surface area contributed by atoms with Crippen molar-refractivity contribution >= 4 is 43.9 Å². The van der Waals surface area contributed by atoms with Crippen LogP contribution in [0.15, 0.2) is 24.3 Å². The third-order valence-corrected chi connectivity index (χ3v) is 5.07. The molecule has 114 valence electrons. The number of hydrogen-bond acceptors (Lipinski definition) is 6. The zero-order valence-electron chi connectivity index (χ0n) is 12.3. The summed E-state index contributed by atoms with van der Waals surface area (Å²) in [7, 11) is 0. The summed E-state index contributed by atoms with van der Waals surface area (Å²) in [5.41, 5.74) is 1.90. The number of carbonyl (C=O) groups is 1. The maximum absolute atomic E-state index is 11.8. The SMILES string of the molecule is Cc1nc(NC(=O)COCc2nc3ccccc3s2)sc1C. The summed E-state index contributed by atoms with van der Waals surface area (Å²) in [6.45, 7) is 4.23. The number of benzene rings is 1. The summed E-state index contributed by atoms with van der Waals surface area (Å²) in [6, 6.07) is 7.93. The van der Waals surface area contributed by atoms with Crippen molar-refractivity contribution < 1.29 is 9.53 Å². The van der Waals surface area contributed by atoms with Crippen LogP contribution >= 0.6 is 22.7 Å². The van der Waals surface area contributed by atoms with Crippen LogP contribution in [0.1, 0.15) is 15.6 Å². The molecule has 0 fully saturated rings. The van der Waals surface area contributed by atoms with E-state index in [9.17, 15) is 4.79 Å². The Morgan fingerprint density at radius 1 is 1.23 bits per heavy atom. The first kappa shape index (κ1) is 15.1. The molecule has 0 saturated carbocycles. The molecular weight excluding hydrogens is 318 g/mol. The molecule has 0 aliphatic heterocycles. The molecule has 7 heteroatoms. The molecule has 1 aromatic carbocycles. The molecule has 1 N–H and O–H groups in total. The molecule has 0 radical (unpaired) electrons. The van der Waals surface area contributed by atoms with E-state index < -0.39 is 0 Å². The van der Waals surface area contributed by atoms with Crippen molar-refractivity contribution in [2.75, 3.05) is 11.9 Å². The van der Waals surface area contributed by atoms with Crippen LogP contribution in [0.25, 0.3) is 10.2 Å². The number of nitrogens with one attached hydrogen (secondary N) is 1. The predicted octanol–water partition coefficient (Wildman–Crippen LogP) is 3.52. The van der Waals surface area contributed by atoms with E-state index >= 15 is 0 Å². The summed E-state index contributed by atoms with van der Waals surface area (Å²) in [5.74, 6) is -0.199. The van der Waals surface area contributed by atoms with E-state index in [0.29, 0.717) is 11.7 Å². The number of hydrogen-bond donors (Lipinski definition) is 1. The van der Waals surface area contributed by atoms with E-state index in [1.807, 2.05) is 38.1 Å². The number of rotatable bonds is 5. The highest BCUT2D eigenvalue weighted by atomic mass is 32.1.